The predicted molar refractivity (Wildman–Crippen MR) is 45.9 cm³/mol. The van der Waals surface area contributed by atoms with E-state index in [-0.39, 0.29) is 5.56 Å². The van der Waals surface area contributed by atoms with E-state index >= 15 is 0 Å². The van der Waals surface area contributed by atoms with Gasteiger partial charge in [-0.3, -0.25) is 0 Å². The molecule has 0 aromatic heterocycles. The van der Waals surface area contributed by atoms with Crippen LogP contribution in [0.4, 0.5) is 4.39 Å². The van der Waals surface area contributed by atoms with Gasteiger partial charge in [0.25, 0.3) is 0 Å². The first kappa shape index (κ1) is 9.76. The molecule has 1 aromatic carbocycles. The summed E-state index contributed by atoms with van der Waals surface area (Å²) in [5.41, 5.74) is -0.505. The highest BCUT2D eigenvalue weighted by Crippen LogP contribution is 2.12. The number of halogens is 1. The Bertz CT molecular complexity index is 477. The summed E-state index contributed by atoms with van der Waals surface area (Å²) in [6.45, 7) is 0. The molecular weight excluding hydrogens is 185 g/mol. The van der Waals surface area contributed by atoms with Crippen molar-refractivity contribution in [1.29, 1.82) is 5.26 Å². The average molecular weight is 189 g/mol. The fraction of sp³-hybridized carbons (Fsp3) is 0. The van der Waals surface area contributed by atoms with Crippen molar-refractivity contribution in [2.24, 2.45) is 0 Å². The topological polar surface area (TPSA) is 61.1 Å². The fourth-order valence-corrected chi connectivity index (χ4v) is 0.941. The van der Waals surface area contributed by atoms with Crippen LogP contribution in [0.15, 0.2) is 18.2 Å². The lowest BCUT2D eigenvalue weighted by molar-refractivity contribution is 0.0691. The molecule has 0 atom stereocenters. The number of benzene rings is 1. The van der Waals surface area contributed by atoms with Gasteiger partial charge in [-0.1, -0.05) is 6.07 Å². The van der Waals surface area contributed by atoms with E-state index in [1.807, 2.05) is 5.92 Å². The zero-order valence-electron chi connectivity index (χ0n) is 6.91. The third-order valence-corrected chi connectivity index (χ3v) is 1.48. The van der Waals surface area contributed by atoms with Crippen molar-refractivity contribution in [3.63, 3.8) is 0 Å². The van der Waals surface area contributed by atoms with Gasteiger partial charge in [0, 0.05) is 11.5 Å². The normalized spacial score (nSPS) is 8.29. The van der Waals surface area contributed by atoms with E-state index in [4.69, 9.17) is 10.4 Å². The fourth-order valence-electron chi connectivity index (χ4n) is 0.941. The first-order valence-corrected chi connectivity index (χ1v) is 3.58. The summed E-state index contributed by atoms with van der Waals surface area (Å²) in [6.07, 6.45) is 0. The van der Waals surface area contributed by atoms with Gasteiger partial charge in [0.15, 0.2) is 6.07 Å². The maximum Gasteiger partial charge on any atom is 0.339 e. The van der Waals surface area contributed by atoms with Gasteiger partial charge in [0.1, 0.15) is 11.4 Å². The van der Waals surface area contributed by atoms with E-state index in [0.29, 0.717) is 0 Å². The Morgan fingerprint density at radius 3 is 2.79 bits per heavy atom. The predicted octanol–water partition coefficient (Wildman–Crippen LogP) is 1.40. The number of hydrogen-bond acceptors (Lipinski definition) is 2. The number of nitriles is 1. The molecule has 0 saturated carbocycles. The van der Waals surface area contributed by atoms with Gasteiger partial charge in [0.2, 0.25) is 0 Å². The van der Waals surface area contributed by atoms with E-state index in [2.05, 4.69) is 5.92 Å². The number of carboxylic acids is 1. The van der Waals surface area contributed by atoms with Crippen molar-refractivity contribution in [2.45, 2.75) is 0 Å². The SMILES string of the molecule is N#CC#Cc1cccc(F)c1C(=O)O. The Morgan fingerprint density at radius 1 is 1.50 bits per heavy atom. The Hall–Kier alpha value is -2.33. The minimum absolute atomic E-state index is 0.000880. The highest BCUT2D eigenvalue weighted by Gasteiger charge is 2.13. The van der Waals surface area contributed by atoms with Crippen molar-refractivity contribution >= 4 is 5.97 Å². The summed E-state index contributed by atoms with van der Waals surface area (Å²) < 4.78 is 13.0. The smallest absolute Gasteiger partial charge is 0.339 e. The van der Waals surface area contributed by atoms with Crippen molar-refractivity contribution in [1.82, 2.24) is 0 Å². The Kier molecular flexibility index (Phi) is 2.83. The average Bonchev–Trinajstić information content (AvgIpc) is 2.14. The monoisotopic (exact) mass is 189 g/mol. The van der Waals surface area contributed by atoms with E-state index < -0.39 is 17.3 Å². The number of nitrogens with zero attached hydrogens (tertiary/aromatic N) is 1. The summed E-state index contributed by atoms with van der Waals surface area (Å²) in [5, 5.41) is 16.8. The second-order valence-electron chi connectivity index (χ2n) is 2.33. The molecule has 1 N–H and O–H groups in total. The van der Waals surface area contributed by atoms with E-state index in [1.54, 1.807) is 0 Å². The summed E-state index contributed by atoms with van der Waals surface area (Å²) in [6, 6.07) is 5.23. The van der Waals surface area contributed by atoms with Gasteiger partial charge in [-0.2, -0.15) is 5.26 Å². The molecule has 68 valence electrons. The second-order valence-corrected chi connectivity index (χ2v) is 2.33. The van der Waals surface area contributed by atoms with Gasteiger partial charge < -0.3 is 5.11 Å². The lowest BCUT2D eigenvalue weighted by atomic mass is 10.1. The molecule has 0 spiro atoms. The molecule has 4 heteroatoms. The third kappa shape index (κ3) is 1.88. The number of hydrogen-bond donors (Lipinski definition) is 1. The molecule has 0 aliphatic carbocycles. The van der Waals surface area contributed by atoms with Crippen molar-refractivity contribution in [2.75, 3.05) is 0 Å². The molecule has 1 aromatic rings. The van der Waals surface area contributed by atoms with Crippen LogP contribution in [0.2, 0.25) is 0 Å². The number of carbonyl (C=O) groups is 1. The minimum atomic E-state index is -1.40. The van der Waals surface area contributed by atoms with Crippen molar-refractivity contribution in [3.8, 4) is 17.9 Å². The lowest BCUT2D eigenvalue weighted by Gasteiger charge is -1.99. The standard InChI is InChI=1S/C10H4FNO2/c11-8-5-1-3-7(4-2-6-12)9(8)10(13)14/h1,3,5H,(H,13,14). The molecule has 0 fully saturated rings. The Labute approximate surface area is 79.4 Å². The molecule has 0 radical (unpaired) electrons. The Morgan fingerprint density at radius 2 is 2.21 bits per heavy atom. The van der Waals surface area contributed by atoms with Crippen LogP contribution in [-0.4, -0.2) is 11.1 Å². The summed E-state index contributed by atoms with van der Waals surface area (Å²) in [5.74, 6) is 2.01. The summed E-state index contributed by atoms with van der Waals surface area (Å²) in [4.78, 5) is 10.6. The molecule has 0 heterocycles. The lowest BCUT2D eigenvalue weighted by Crippen LogP contribution is -2.03. The Balaban J connectivity index is 3.37. The summed E-state index contributed by atoms with van der Waals surface area (Å²) >= 11 is 0. The number of carboxylic acid groups (broad SMARTS) is 1. The van der Waals surface area contributed by atoms with Crippen LogP contribution in [0.1, 0.15) is 15.9 Å². The van der Waals surface area contributed by atoms with Crippen LogP contribution >= 0.6 is 0 Å². The van der Waals surface area contributed by atoms with Gasteiger partial charge in [0.05, 0.1) is 0 Å². The molecule has 14 heavy (non-hydrogen) atoms. The van der Waals surface area contributed by atoms with Gasteiger partial charge in [-0.05, 0) is 18.1 Å². The molecule has 0 aliphatic rings. The largest absolute Gasteiger partial charge is 0.478 e. The molecule has 0 amide bonds. The van der Waals surface area contributed by atoms with Crippen molar-refractivity contribution in [3.05, 3.63) is 35.1 Å². The van der Waals surface area contributed by atoms with E-state index in [9.17, 15) is 9.18 Å². The van der Waals surface area contributed by atoms with Crippen LogP contribution in [0, 0.1) is 29.0 Å². The maximum atomic E-state index is 13.0. The van der Waals surface area contributed by atoms with Gasteiger partial charge >= 0.3 is 5.97 Å². The molecule has 0 saturated heterocycles. The molecule has 0 bridgehead atoms. The van der Waals surface area contributed by atoms with Crippen LogP contribution < -0.4 is 0 Å². The quantitative estimate of drug-likeness (QED) is 0.679. The highest BCUT2D eigenvalue weighted by molar-refractivity contribution is 5.91. The molecular formula is C10H4FNO2. The molecule has 1 rings (SSSR count). The third-order valence-electron chi connectivity index (χ3n) is 1.48. The van der Waals surface area contributed by atoms with Crippen LogP contribution in [-0.2, 0) is 0 Å². The van der Waals surface area contributed by atoms with Crippen LogP contribution in [0.3, 0.4) is 0 Å². The highest BCUT2D eigenvalue weighted by atomic mass is 19.1. The number of rotatable bonds is 1. The second kappa shape index (κ2) is 4.06. The van der Waals surface area contributed by atoms with Crippen LogP contribution in [0.5, 0.6) is 0 Å². The van der Waals surface area contributed by atoms with E-state index in [1.165, 1.54) is 18.2 Å². The zero-order valence-corrected chi connectivity index (χ0v) is 6.91. The molecule has 0 unspecified atom stereocenters. The summed E-state index contributed by atoms with van der Waals surface area (Å²) in [7, 11) is 0. The van der Waals surface area contributed by atoms with Gasteiger partial charge in [-0.25, -0.2) is 9.18 Å². The van der Waals surface area contributed by atoms with Crippen molar-refractivity contribution < 1.29 is 14.3 Å². The number of aromatic carboxylic acids is 1. The van der Waals surface area contributed by atoms with Gasteiger partial charge in [-0.15, -0.1) is 0 Å². The van der Waals surface area contributed by atoms with Crippen LogP contribution in [0.25, 0.3) is 0 Å². The van der Waals surface area contributed by atoms with E-state index in [0.717, 1.165) is 6.07 Å². The molecule has 0 aliphatic heterocycles. The first-order chi connectivity index (χ1) is 6.66. The molecule has 3 nitrogen and oxygen atoms in total. The first-order valence-electron chi connectivity index (χ1n) is 3.58. The zero-order chi connectivity index (χ0) is 10.6. The minimum Gasteiger partial charge on any atom is -0.478 e. The maximum absolute atomic E-state index is 13.0.